The van der Waals surface area contributed by atoms with Gasteiger partial charge in [0.15, 0.2) is 5.82 Å². The first-order valence-electron chi connectivity index (χ1n) is 12.0. The van der Waals surface area contributed by atoms with Crippen LogP contribution >= 0.6 is 11.8 Å². The molecule has 1 aliphatic rings. The number of aryl methyl sites for hydroxylation is 2. The third kappa shape index (κ3) is 6.44. The van der Waals surface area contributed by atoms with Crippen LogP contribution < -0.4 is 10.5 Å². The number of hydrogen-bond donors (Lipinski definition) is 4. The molecule has 1 aromatic carbocycles. The van der Waals surface area contributed by atoms with Crippen molar-refractivity contribution < 1.29 is 4.74 Å². The molecule has 0 bridgehead atoms. The topological polar surface area (TPSA) is 133 Å². The first kappa shape index (κ1) is 26.8. The van der Waals surface area contributed by atoms with Gasteiger partial charge in [-0.2, -0.15) is 0 Å². The third-order valence-electron chi connectivity index (χ3n) is 6.49. The lowest BCUT2D eigenvalue weighted by Gasteiger charge is -2.26. The molecule has 0 aliphatic carbocycles. The molecule has 7 nitrogen and oxygen atoms in total. The average Bonchev–Trinajstić information content (AvgIpc) is 2.82. The zero-order chi connectivity index (χ0) is 25.5. The fourth-order valence-corrected chi connectivity index (χ4v) is 5.19. The maximum Gasteiger partial charge on any atom is 0.170 e. The van der Waals surface area contributed by atoms with Crippen LogP contribution in [0, 0.1) is 23.2 Å². The molecule has 2 atom stereocenters. The Balaban J connectivity index is 1.86. The Bertz CT molecular complexity index is 1110. The highest BCUT2D eigenvalue weighted by atomic mass is 32.2. The van der Waals surface area contributed by atoms with E-state index in [1.807, 2.05) is 19.1 Å². The Hall–Kier alpha value is -2.84. The maximum atomic E-state index is 8.33. The molecule has 186 valence electrons. The summed E-state index contributed by atoms with van der Waals surface area (Å²) in [6, 6.07) is 6.12. The Morgan fingerprint density at radius 3 is 2.71 bits per heavy atom. The number of thioether (sulfide) groups is 1. The van der Waals surface area contributed by atoms with Crippen molar-refractivity contribution in [2.45, 2.75) is 64.2 Å². The number of rotatable bonds is 10. The van der Waals surface area contributed by atoms with Crippen molar-refractivity contribution in [3.05, 3.63) is 63.6 Å². The lowest BCUT2D eigenvalue weighted by atomic mass is 9.85. The number of ether oxygens (including phenoxy) is 1. The molecule has 0 spiro atoms. The number of nitrogens with zero attached hydrogens (tertiary/aromatic N) is 2. The molecule has 2 heterocycles. The van der Waals surface area contributed by atoms with Crippen LogP contribution in [-0.2, 0) is 6.42 Å². The zero-order valence-electron chi connectivity index (χ0n) is 20.9. The van der Waals surface area contributed by atoms with Crippen LogP contribution in [-0.4, -0.2) is 40.6 Å². The average molecular weight is 493 g/mol. The molecule has 0 amide bonds. The van der Waals surface area contributed by atoms with Crippen LogP contribution in [0.2, 0.25) is 0 Å². The fourth-order valence-electron chi connectivity index (χ4n) is 4.73. The molecule has 2 aromatic rings. The third-order valence-corrected chi connectivity index (χ3v) is 7.26. The minimum atomic E-state index is -0.198. The Morgan fingerprint density at radius 1 is 1.29 bits per heavy atom. The molecule has 2 unspecified atom stereocenters. The quantitative estimate of drug-likeness (QED) is 0.249. The van der Waals surface area contributed by atoms with Gasteiger partial charge in [-0.15, -0.1) is 11.8 Å². The molecule has 5 N–H and O–H groups in total. The van der Waals surface area contributed by atoms with Crippen molar-refractivity contribution in [3.63, 3.8) is 0 Å². The van der Waals surface area contributed by atoms with E-state index in [0.717, 1.165) is 47.5 Å². The highest BCUT2D eigenvalue weighted by Gasteiger charge is 2.25. The zero-order valence-corrected chi connectivity index (χ0v) is 21.7. The largest absolute Gasteiger partial charge is 0.493 e. The van der Waals surface area contributed by atoms with Crippen LogP contribution in [0.15, 0.2) is 29.7 Å². The number of nitrogens with one attached hydrogen (secondary N) is 3. The first-order chi connectivity index (χ1) is 16.8. The van der Waals surface area contributed by atoms with Crippen molar-refractivity contribution in [2.24, 2.45) is 5.73 Å². The van der Waals surface area contributed by atoms with E-state index >= 15 is 0 Å². The van der Waals surface area contributed by atoms with Gasteiger partial charge in [-0.05, 0) is 54.9 Å². The lowest BCUT2D eigenvalue weighted by Crippen LogP contribution is -2.18. The second-order valence-electron chi connectivity index (χ2n) is 9.20. The Kier molecular flexibility index (Phi) is 9.34. The molecule has 0 saturated carbocycles. The second-order valence-corrected chi connectivity index (χ2v) is 10.3. The van der Waals surface area contributed by atoms with Gasteiger partial charge in [0, 0.05) is 46.7 Å². The normalized spacial score (nSPS) is 16.4. The minimum absolute atomic E-state index is 0.198. The second kappa shape index (κ2) is 12.2. The van der Waals surface area contributed by atoms with Gasteiger partial charge >= 0.3 is 0 Å². The molecule has 0 radical (unpaired) electrons. The van der Waals surface area contributed by atoms with E-state index in [1.165, 1.54) is 29.8 Å². The predicted molar refractivity (Wildman–Crippen MR) is 146 cm³/mol. The summed E-state index contributed by atoms with van der Waals surface area (Å²) in [7, 11) is 0. The van der Waals surface area contributed by atoms with E-state index < -0.39 is 0 Å². The van der Waals surface area contributed by atoms with Gasteiger partial charge < -0.3 is 26.7 Å². The number of allylic oxidation sites excluding steroid dienone is 1. The molecule has 0 fully saturated rings. The Labute approximate surface area is 212 Å². The summed E-state index contributed by atoms with van der Waals surface area (Å²) in [5.41, 5.74) is 11.3. The first-order valence-corrected chi connectivity index (χ1v) is 13.0. The van der Waals surface area contributed by atoms with Gasteiger partial charge in [0.25, 0.3) is 0 Å². The van der Waals surface area contributed by atoms with Crippen LogP contribution in [0.5, 0.6) is 5.75 Å². The summed E-state index contributed by atoms with van der Waals surface area (Å²) in [5, 5.41) is 24.0. The van der Waals surface area contributed by atoms with Crippen molar-refractivity contribution in [2.75, 3.05) is 12.5 Å². The van der Waals surface area contributed by atoms with Gasteiger partial charge in [0.2, 0.25) is 0 Å². The number of fused-ring (bicyclic) bond motifs is 1. The van der Waals surface area contributed by atoms with Crippen LogP contribution in [0.4, 0.5) is 0 Å². The molecular formula is C27H36N6OS. The maximum absolute atomic E-state index is 8.33. The minimum Gasteiger partial charge on any atom is -0.493 e. The van der Waals surface area contributed by atoms with Crippen LogP contribution in [0.3, 0.4) is 0 Å². The lowest BCUT2D eigenvalue weighted by molar-refractivity contribution is 0.280. The van der Waals surface area contributed by atoms with Gasteiger partial charge in [-0.1, -0.05) is 32.6 Å². The van der Waals surface area contributed by atoms with E-state index in [0.29, 0.717) is 41.3 Å². The molecule has 8 heteroatoms. The molecule has 0 saturated heterocycles. The number of aromatic nitrogens is 2. The Morgan fingerprint density at radius 2 is 2.06 bits per heavy atom. The van der Waals surface area contributed by atoms with E-state index in [1.54, 1.807) is 0 Å². The summed E-state index contributed by atoms with van der Waals surface area (Å²) in [5.74, 6) is 2.05. The van der Waals surface area contributed by atoms with Crippen LogP contribution in [0.25, 0.3) is 0 Å². The fraction of sp³-hybridized carbons (Fsp3) is 0.444. The number of benzene rings is 1. The summed E-state index contributed by atoms with van der Waals surface area (Å²) in [6.45, 7) is 10.9. The summed E-state index contributed by atoms with van der Waals surface area (Å²) in [4.78, 5) is 9.92. The summed E-state index contributed by atoms with van der Waals surface area (Å²) in [6.07, 6.45) is 5.64. The van der Waals surface area contributed by atoms with E-state index in [-0.39, 0.29) is 11.8 Å². The van der Waals surface area contributed by atoms with E-state index in [2.05, 4.69) is 31.5 Å². The highest BCUT2D eigenvalue weighted by molar-refractivity contribution is 8.03. The molecule has 3 rings (SSSR count). The number of hydrogen-bond acceptors (Lipinski definition) is 8. The van der Waals surface area contributed by atoms with Gasteiger partial charge in [0.1, 0.15) is 5.75 Å². The SMILES string of the molecule is C=C(SCN)C(=N)CC(C=N)c1ccc2c(c1)CCC(c1nc(C=N)nc(C)c1C(C)C)CCO2. The number of nitrogens with two attached hydrogens (primary N) is 1. The molecule has 1 aliphatic heterocycles. The van der Waals surface area contributed by atoms with Crippen molar-refractivity contribution in [1.82, 2.24) is 9.97 Å². The monoisotopic (exact) mass is 492 g/mol. The van der Waals surface area contributed by atoms with E-state index in [9.17, 15) is 0 Å². The summed E-state index contributed by atoms with van der Waals surface area (Å²) < 4.78 is 6.17. The molecule has 35 heavy (non-hydrogen) atoms. The molecule has 1 aromatic heterocycles. The van der Waals surface area contributed by atoms with Crippen LogP contribution in [0.1, 0.15) is 84.8 Å². The van der Waals surface area contributed by atoms with Crippen molar-refractivity contribution >= 4 is 29.9 Å². The van der Waals surface area contributed by atoms with Gasteiger partial charge in [0.05, 0.1) is 18.5 Å². The highest BCUT2D eigenvalue weighted by Crippen LogP contribution is 2.36. The van der Waals surface area contributed by atoms with Gasteiger partial charge in [-0.25, -0.2) is 9.97 Å². The standard InChI is InChI=1S/C27H36N6OS/c1-16(2)26-17(3)32-25(14-29)33-27(26)19-5-6-21-11-20(7-8-24(21)34-10-9-19)22(13-28)12-23(31)18(4)35-15-30/h7-8,11,13-14,16,19,22,28-29,31H,4-6,9-10,12,15,30H2,1-3H3. The van der Waals surface area contributed by atoms with Crippen molar-refractivity contribution in [1.29, 1.82) is 16.2 Å². The molecular weight excluding hydrogens is 456 g/mol. The predicted octanol–water partition coefficient (Wildman–Crippen LogP) is 5.71. The summed E-state index contributed by atoms with van der Waals surface area (Å²) >= 11 is 1.36. The van der Waals surface area contributed by atoms with E-state index in [4.69, 9.17) is 31.7 Å². The van der Waals surface area contributed by atoms with Gasteiger partial charge in [-0.3, -0.25) is 0 Å². The van der Waals surface area contributed by atoms with Crippen molar-refractivity contribution in [3.8, 4) is 5.75 Å². The smallest absolute Gasteiger partial charge is 0.170 e.